The third-order valence-electron chi connectivity index (χ3n) is 4.31. The van der Waals surface area contributed by atoms with Crippen LogP contribution < -0.4 is 5.32 Å². The number of aryl methyl sites for hydroxylation is 2. The maximum atomic E-state index is 11.5. The molecule has 2 unspecified atom stereocenters. The Bertz CT molecular complexity index is 499. The predicted molar refractivity (Wildman–Crippen MR) is 80.3 cm³/mol. The molecule has 20 heavy (non-hydrogen) atoms. The van der Waals surface area contributed by atoms with Crippen molar-refractivity contribution in [3.63, 3.8) is 0 Å². The van der Waals surface area contributed by atoms with Crippen LogP contribution in [0.5, 0.6) is 0 Å². The minimum atomic E-state index is -0.902. The molecule has 2 rings (SSSR count). The Kier molecular flexibility index (Phi) is 4.63. The fourth-order valence-electron chi connectivity index (χ4n) is 3.27. The summed E-state index contributed by atoms with van der Waals surface area (Å²) >= 11 is 0. The molecule has 1 aliphatic carbocycles. The molecular formula is C16H24N2O2. The molecule has 0 bridgehead atoms. The number of carboxylic acids is 1. The fraction of sp³-hybridized carbons (Fsp3) is 0.625. The van der Waals surface area contributed by atoms with E-state index in [0.717, 1.165) is 24.1 Å². The minimum absolute atomic E-state index is 0.316. The number of hydrogen-bond acceptors (Lipinski definition) is 3. The summed E-state index contributed by atoms with van der Waals surface area (Å²) < 4.78 is 0. The zero-order valence-corrected chi connectivity index (χ0v) is 12.6. The van der Waals surface area contributed by atoms with E-state index in [-0.39, 0.29) is 0 Å². The predicted octanol–water partition coefficient (Wildman–Crippen LogP) is 3.78. The lowest BCUT2D eigenvalue weighted by Crippen LogP contribution is -2.33. The van der Waals surface area contributed by atoms with Crippen LogP contribution in [0.1, 0.15) is 60.6 Å². The molecule has 4 nitrogen and oxygen atoms in total. The molecule has 2 N–H and O–H groups in total. The van der Waals surface area contributed by atoms with Gasteiger partial charge < -0.3 is 10.4 Å². The minimum Gasteiger partial charge on any atom is -0.478 e. The molecule has 0 spiro atoms. The van der Waals surface area contributed by atoms with Crippen LogP contribution >= 0.6 is 0 Å². The van der Waals surface area contributed by atoms with Crippen LogP contribution in [0.25, 0.3) is 0 Å². The SMILES string of the molecule is CCC1CCCCC1Nc1nc(C)cc(C)c1C(=O)O. The quantitative estimate of drug-likeness (QED) is 0.878. The van der Waals surface area contributed by atoms with Crippen molar-refractivity contribution >= 4 is 11.8 Å². The van der Waals surface area contributed by atoms with E-state index in [1.807, 2.05) is 19.9 Å². The van der Waals surface area contributed by atoms with Crippen molar-refractivity contribution in [3.05, 3.63) is 22.9 Å². The second-order valence-electron chi connectivity index (χ2n) is 5.81. The van der Waals surface area contributed by atoms with E-state index in [2.05, 4.69) is 17.2 Å². The summed E-state index contributed by atoms with van der Waals surface area (Å²) in [4.78, 5) is 15.9. The number of nitrogens with one attached hydrogen (secondary N) is 1. The van der Waals surface area contributed by atoms with E-state index < -0.39 is 5.97 Å². The summed E-state index contributed by atoms with van der Waals surface area (Å²) in [6.45, 7) is 5.95. The molecule has 0 saturated heterocycles. The number of rotatable bonds is 4. The van der Waals surface area contributed by atoms with E-state index >= 15 is 0 Å². The van der Waals surface area contributed by atoms with Gasteiger partial charge in [0.1, 0.15) is 11.4 Å². The van der Waals surface area contributed by atoms with Gasteiger partial charge in [0.25, 0.3) is 0 Å². The Morgan fingerprint density at radius 1 is 1.40 bits per heavy atom. The number of aromatic carboxylic acids is 1. The first kappa shape index (κ1) is 14.8. The van der Waals surface area contributed by atoms with Gasteiger partial charge in [-0.15, -0.1) is 0 Å². The van der Waals surface area contributed by atoms with E-state index in [9.17, 15) is 9.90 Å². The van der Waals surface area contributed by atoms with Crippen LogP contribution in [-0.2, 0) is 0 Å². The number of nitrogens with zero attached hydrogens (tertiary/aromatic N) is 1. The standard InChI is InChI=1S/C16H24N2O2/c1-4-12-7-5-6-8-13(12)18-15-14(16(19)20)10(2)9-11(3)17-15/h9,12-13H,4-8H2,1-3H3,(H,17,18)(H,19,20). The summed E-state index contributed by atoms with van der Waals surface area (Å²) in [6, 6.07) is 2.17. The van der Waals surface area contributed by atoms with Crippen molar-refractivity contribution in [1.82, 2.24) is 4.98 Å². The van der Waals surface area contributed by atoms with Crippen LogP contribution in [0.2, 0.25) is 0 Å². The fourth-order valence-corrected chi connectivity index (χ4v) is 3.27. The van der Waals surface area contributed by atoms with Gasteiger partial charge in [-0.3, -0.25) is 0 Å². The van der Waals surface area contributed by atoms with E-state index in [1.165, 1.54) is 19.3 Å². The summed E-state index contributed by atoms with van der Waals surface area (Å²) in [5.41, 5.74) is 1.95. The molecule has 4 heteroatoms. The lowest BCUT2D eigenvalue weighted by atomic mass is 9.83. The number of carboxylic acid groups (broad SMARTS) is 1. The van der Waals surface area contributed by atoms with Gasteiger partial charge in [-0.2, -0.15) is 0 Å². The molecule has 2 atom stereocenters. The Morgan fingerprint density at radius 3 is 2.75 bits per heavy atom. The van der Waals surface area contributed by atoms with E-state index in [4.69, 9.17) is 0 Å². The molecule has 0 aliphatic heterocycles. The second-order valence-corrected chi connectivity index (χ2v) is 5.81. The van der Waals surface area contributed by atoms with E-state index in [0.29, 0.717) is 23.3 Å². The summed E-state index contributed by atoms with van der Waals surface area (Å²) in [5, 5.41) is 12.8. The van der Waals surface area contributed by atoms with Gasteiger partial charge in [-0.05, 0) is 44.2 Å². The number of aromatic nitrogens is 1. The largest absolute Gasteiger partial charge is 0.478 e. The first-order valence-corrected chi connectivity index (χ1v) is 7.51. The van der Waals surface area contributed by atoms with Crippen molar-refractivity contribution in [3.8, 4) is 0 Å². The maximum Gasteiger partial charge on any atom is 0.339 e. The molecular weight excluding hydrogens is 252 g/mol. The van der Waals surface area contributed by atoms with Crippen LogP contribution in [-0.4, -0.2) is 22.1 Å². The zero-order chi connectivity index (χ0) is 14.7. The van der Waals surface area contributed by atoms with Crippen molar-refractivity contribution < 1.29 is 9.90 Å². The molecule has 1 saturated carbocycles. The maximum absolute atomic E-state index is 11.5. The average Bonchev–Trinajstić information content (AvgIpc) is 2.38. The lowest BCUT2D eigenvalue weighted by Gasteiger charge is -2.32. The molecule has 1 aliphatic rings. The van der Waals surface area contributed by atoms with Gasteiger partial charge in [0.05, 0.1) is 0 Å². The average molecular weight is 276 g/mol. The monoisotopic (exact) mass is 276 g/mol. The normalized spacial score (nSPS) is 22.6. The van der Waals surface area contributed by atoms with Crippen LogP contribution in [0.4, 0.5) is 5.82 Å². The van der Waals surface area contributed by atoms with Crippen molar-refractivity contribution in [2.24, 2.45) is 5.92 Å². The number of hydrogen-bond donors (Lipinski definition) is 2. The summed E-state index contributed by atoms with van der Waals surface area (Å²) in [5.74, 6) is 0.259. The summed E-state index contributed by atoms with van der Waals surface area (Å²) in [7, 11) is 0. The molecule has 0 aromatic carbocycles. The number of anilines is 1. The van der Waals surface area contributed by atoms with Gasteiger partial charge in [-0.1, -0.05) is 26.2 Å². The van der Waals surface area contributed by atoms with Crippen molar-refractivity contribution in [2.45, 2.75) is 58.9 Å². The van der Waals surface area contributed by atoms with Crippen molar-refractivity contribution in [2.75, 3.05) is 5.32 Å². The van der Waals surface area contributed by atoms with Crippen LogP contribution in [0.15, 0.2) is 6.07 Å². The first-order valence-electron chi connectivity index (χ1n) is 7.51. The second kappa shape index (κ2) is 6.25. The highest BCUT2D eigenvalue weighted by Crippen LogP contribution is 2.30. The van der Waals surface area contributed by atoms with Gasteiger partial charge in [0.2, 0.25) is 0 Å². The Morgan fingerprint density at radius 2 is 2.10 bits per heavy atom. The van der Waals surface area contributed by atoms with Crippen molar-refractivity contribution in [1.29, 1.82) is 0 Å². The molecule has 1 aromatic heterocycles. The Balaban J connectivity index is 2.30. The smallest absolute Gasteiger partial charge is 0.339 e. The van der Waals surface area contributed by atoms with Gasteiger partial charge in [-0.25, -0.2) is 9.78 Å². The first-order chi connectivity index (χ1) is 9.52. The van der Waals surface area contributed by atoms with Gasteiger partial charge >= 0.3 is 5.97 Å². The highest BCUT2D eigenvalue weighted by Gasteiger charge is 2.26. The lowest BCUT2D eigenvalue weighted by molar-refractivity contribution is 0.0696. The molecule has 1 heterocycles. The summed E-state index contributed by atoms with van der Waals surface area (Å²) in [6.07, 6.45) is 5.95. The third kappa shape index (κ3) is 3.11. The zero-order valence-electron chi connectivity index (χ0n) is 12.6. The molecule has 110 valence electrons. The van der Waals surface area contributed by atoms with Crippen LogP contribution in [0, 0.1) is 19.8 Å². The molecule has 0 radical (unpaired) electrons. The Hall–Kier alpha value is -1.58. The topological polar surface area (TPSA) is 62.2 Å². The third-order valence-corrected chi connectivity index (χ3v) is 4.31. The van der Waals surface area contributed by atoms with Gasteiger partial charge in [0, 0.05) is 11.7 Å². The highest BCUT2D eigenvalue weighted by molar-refractivity contribution is 5.94. The molecule has 1 aromatic rings. The van der Waals surface area contributed by atoms with Gasteiger partial charge in [0.15, 0.2) is 0 Å². The Labute approximate surface area is 120 Å². The number of pyridine rings is 1. The molecule has 1 fully saturated rings. The highest BCUT2D eigenvalue weighted by atomic mass is 16.4. The molecule has 0 amide bonds. The number of carbonyl (C=O) groups is 1. The van der Waals surface area contributed by atoms with E-state index in [1.54, 1.807) is 0 Å². The van der Waals surface area contributed by atoms with Crippen LogP contribution in [0.3, 0.4) is 0 Å².